The molecule has 0 amide bonds. The van der Waals surface area contributed by atoms with E-state index in [1.807, 2.05) is 0 Å². The van der Waals surface area contributed by atoms with E-state index < -0.39 is 12.3 Å². The van der Waals surface area contributed by atoms with Crippen molar-refractivity contribution in [2.75, 3.05) is 0 Å². The van der Waals surface area contributed by atoms with Gasteiger partial charge in [-0.15, -0.1) is 0 Å². The molecule has 0 aromatic rings. The third-order valence-electron chi connectivity index (χ3n) is 6.89. The molecule has 3 aliphatic rings. The van der Waals surface area contributed by atoms with Crippen LogP contribution in [-0.2, 0) is 9.53 Å². The van der Waals surface area contributed by atoms with Gasteiger partial charge in [0.05, 0.1) is 0 Å². The van der Waals surface area contributed by atoms with E-state index in [-0.39, 0.29) is 5.41 Å². The summed E-state index contributed by atoms with van der Waals surface area (Å²) in [5.41, 5.74) is 2.91. The smallest absolute Gasteiger partial charge is 0.333 e. The van der Waals surface area contributed by atoms with E-state index in [2.05, 4.69) is 33.8 Å². The molecule has 0 saturated heterocycles. The molecule has 1 aliphatic heterocycles. The molecular weight excluding hydrogens is 288 g/mol. The minimum atomic E-state index is -1.03. The van der Waals surface area contributed by atoms with Crippen LogP contribution in [0, 0.1) is 22.7 Å². The molecule has 3 heteroatoms. The number of fused-ring (bicyclic) bond motifs is 1. The van der Waals surface area contributed by atoms with Crippen molar-refractivity contribution in [2.45, 2.75) is 72.5 Å². The Morgan fingerprint density at radius 1 is 1.30 bits per heavy atom. The second-order valence-electron chi connectivity index (χ2n) is 8.64. The van der Waals surface area contributed by atoms with E-state index in [4.69, 9.17) is 4.74 Å². The van der Waals surface area contributed by atoms with Gasteiger partial charge in [-0.1, -0.05) is 39.3 Å². The van der Waals surface area contributed by atoms with Gasteiger partial charge in [0.25, 0.3) is 0 Å². The Bertz CT molecular complexity index is 557. The van der Waals surface area contributed by atoms with Gasteiger partial charge in [0.15, 0.2) is 0 Å². The molecule has 0 aromatic heterocycles. The number of aliphatic hydroxyl groups is 1. The Kier molecular flexibility index (Phi) is 4.20. The summed E-state index contributed by atoms with van der Waals surface area (Å²) in [6.45, 7) is 9.58. The van der Waals surface area contributed by atoms with Gasteiger partial charge in [0.2, 0.25) is 6.29 Å². The van der Waals surface area contributed by atoms with Crippen molar-refractivity contribution in [3.05, 3.63) is 23.3 Å². The summed E-state index contributed by atoms with van der Waals surface area (Å²) in [6, 6.07) is 0. The highest BCUT2D eigenvalue weighted by Gasteiger charge is 2.47. The van der Waals surface area contributed by atoms with Crippen molar-refractivity contribution in [1.29, 1.82) is 0 Å². The van der Waals surface area contributed by atoms with Gasteiger partial charge in [-0.25, -0.2) is 4.79 Å². The third-order valence-corrected chi connectivity index (χ3v) is 6.89. The first-order chi connectivity index (χ1) is 10.7. The second-order valence-corrected chi connectivity index (χ2v) is 8.64. The van der Waals surface area contributed by atoms with Gasteiger partial charge in [0, 0.05) is 11.6 Å². The van der Waals surface area contributed by atoms with Crippen LogP contribution in [0.5, 0.6) is 0 Å². The molecule has 23 heavy (non-hydrogen) atoms. The first-order valence-corrected chi connectivity index (χ1v) is 9.04. The third kappa shape index (κ3) is 2.88. The minimum Gasteiger partial charge on any atom is -0.429 e. The molecule has 2 aliphatic carbocycles. The van der Waals surface area contributed by atoms with Crippen molar-refractivity contribution in [3.63, 3.8) is 0 Å². The normalized spacial score (nSPS) is 39.3. The SMILES string of the molecule is CC1CCC2C(=CCCC2(C)C)C1(C)CCC1=CC(=O)OC1O. The fourth-order valence-corrected chi connectivity index (χ4v) is 4.97. The van der Waals surface area contributed by atoms with Gasteiger partial charge in [-0.2, -0.15) is 0 Å². The van der Waals surface area contributed by atoms with E-state index in [9.17, 15) is 9.90 Å². The topological polar surface area (TPSA) is 46.5 Å². The fraction of sp³-hybridized carbons (Fsp3) is 0.750. The van der Waals surface area contributed by atoms with E-state index in [1.54, 1.807) is 5.57 Å². The van der Waals surface area contributed by atoms with Gasteiger partial charge in [-0.05, 0) is 61.2 Å². The number of hydrogen-bond donors (Lipinski definition) is 1. The summed E-state index contributed by atoms with van der Waals surface area (Å²) >= 11 is 0. The maximum atomic E-state index is 11.3. The summed E-state index contributed by atoms with van der Waals surface area (Å²) in [6.07, 6.45) is 9.65. The van der Waals surface area contributed by atoms with Gasteiger partial charge < -0.3 is 9.84 Å². The maximum Gasteiger partial charge on any atom is 0.333 e. The van der Waals surface area contributed by atoms with Crippen molar-refractivity contribution in [1.82, 2.24) is 0 Å². The van der Waals surface area contributed by atoms with Crippen molar-refractivity contribution in [2.24, 2.45) is 22.7 Å². The minimum absolute atomic E-state index is 0.160. The van der Waals surface area contributed by atoms with Crippen molar-refractivity contribution >= 4 is 5.97 Å². The number of carbonyl (C=O) groups excluding carboxylic acids is 1. The second kappa shape index (κ2) is 5.77. The van der Waals surface area contributed by atoms with Gasteiger partial charge in [-0.3, -0.25) is 0 Å². The highest BCUT2D eigenvalue weighted by molar-refractivity contribution is 5.85. The van der Waals surface area contributed by atoms with Crippen LogP contribution in [-0.4, -0.2) is 17.4 Å². The lowest BCUT2D eigenvalue weighted by Gasteiger charge is -2.53. The highest BCUT2D eigenvalue weighted by Crippen LogP contribution is 2.58. The number of allylic oxidation sites excluding steroid dienone is 2. The molecule has 1 saturated carbocycles. The Hall–Kier alpha value is -1.09. The van der Waals surface area contributed by atoms with Crippen LogP contribution in [0.1, 0.15) is 66.2 Å². The molecule has 3 rings (SSSR count). The molecule has 0 aromatic carbocycles. The van der Waals surface area contributed by atoms with E-state index in [1.165, 1.54) is 31.8 Å². The Labute approximate surface area is 139 Å². The first-order valence-electron chi connectivity index (χ1n) is 9.04. The molecule has 1 fully saturated rings. The van der Waals surface area contributed by atoms with Crippen LogP contribution in [0.2, 0.25) is 0 Å². The van der Waals surface area contributed by atoms with Gasteiger partial charge in [0.1, 0.15) is 0 Å². The Morgan fingerprint density at radius 2 is 2.04 bits per heavy atom. The predicted octanol–water partition coefficient (Wildman–Crippen LogP) is 4.37. The molecule has 1 N–H and O–H groups in total. The molecule has 4 atom stereocenters. The molecule has 0 bridgehead atoms. The average molecular weight is 318 g/mol. The van der Waals surface area contributed by atoms with E-state index >= 15 is 0 Å². The number of ether oxygens (including phenoxy) is 1. The van der Waals surface area contributed by atoms with Crippen LogP contribution >= 0.6 is 0 Å². The number of hydrogen-bond acceptors (Lipinski definition) is 3. The molecule has 0 spiro atoms. The molecule has 0 radical (unpaired) electrons. The lowest BCUT2D eigenvalue weighted by molar-refractivity contribution is -0.151. The molecule has 1 heterocycles. The van der Waals surface area contributed by atoms with Gasteiger partial charge >= 0.3 is 5.97 Å². The zero-order valence-electron chi connectivity index (χ0n) is 14.9. The first kappa shape index (κ1) is 16.8. The fourth-order valence-electron chi connectivity index (χ4n) is 4.97. The molecule has 128 valence electrons. The van der Waals surface area contributed by atoms with Crippen molar-refractivity contribution in [3.8, 4) is 0 Å². The zero-order chi connectivity index (χ0) is 16.8. The largest absolute Gasteiger partial charge is 0.429 e. The summed E-state index contributed by atoms with van der Waals surface area (Å²) in [7, 11) is 0. The number of rotatable bonds is 3. The lowest BCUT2D eigenvalue weighted by Crippen LogP contribution is -2.43. The highest BCUT2D eigenvalue weighted by atomic mass is 16.6. The van der Waals surface area contributed by atoms with Crippen LogP contribution in [0.15, 0.2) is 23.3 Å². The standard InChI is InChI=1S/C20H30O3/c1-13-7-8-15-16(6-5-10-19(15,2)3)20(13,4)11-9-14-12-17(21)23-18(14)22/h6,12-13,15,18,22H,5,7-11H2,1-4H3. The predicted molar refractivity (Wildman–Crippen MR) is 90.5 cm³/mol. The monoisotopic (exact) mass is 318 g/mol. The van der Waals surface area contributed by atoms with Crippen LogP contribution in [0.3, 0.4) is 0 Å². The molecule has 3 nitrogen and oxygen atoms in total. The van der Waals surface area contributed by atoms with Crippen molar-refractivity contribution < 1.29 is 14.6 Å². The van der Waals surface area contributed by atoms with E-state index in [0.717, 1.165) is 18.4 Å². The number of aliphatic hydroxyl groups excluding tert-OH is 1. The summed E-state index contributed by atoms with van der Waals surface area (Å²) in [4.78, 5) is 11.3. The lowest BCUT2D eigenvalue weighted by atomic mass is 9.52. The summed E-state index contributed by atoms with van der Waals surface area (Å²) < 4.78 is 4.82. The quantitative estimate of drug-likeness (QED) is 0.621. The Morgan fingerprint density at radius 3 is 2.70 bits per heavy atom. The molecular formula is C20H30O3. The number of carbonyl (C=O) groups is 1. The summed E-state index contributed by atoms with van der Waals surface area (Å²) in [5, 5.41) is 9.83. The maximum absolute atomic E-state index is 11.3. The van der Waals surface area contributed by atoms with E-state index in [0.29, 0.717) is 17.3 Å². The van der Waals surface area contributed by atoms with Crippen LogP contribution in [0.25, 0.3) is 0 Å². The number of cyclic esters (lactones) is 1. The Balaban J connectivity index is 1.82. The van der Waals surface area contributed by atoms with Crippen LogP contribution in [0.4, 0.5) is 0 Å². The number of esters is 1. The summed E-state index contributed by atoms with van der Waals surface area (Å²) in [5.74, 6) is 0.901. The van der Waals surface area contributed by atoms with Crippen LogP contribution < -0.4 is 0 Å². The average Bonchev–Trinajstić information content (AvgIpc) is 2.79. The zero-order valence-corrected chi connectivity index (χ0v) is 14.9. The molecule has 4 unspecified atom stereocenters.